The summed E-state index contributed by atoms with van der Waals surface area (Å²) in [5, 5.41) is 5.02. The number of carbonyl (C=O) groups excluding carboxylic acids is 2. The Morgan fingerprint density at radius 2 is 2.33 bits per heavy atom. The molecule has 0 bridgehead atoms. The lowest BCUT2D eigenvalue weighted by Crippen LogP contribution is -2.61. The van der Waals surface area contributed by atoms with Gasteiger partial charge in [0.25, 0.3) is 0 Å². The molecular weight excluding hydrogens is 196 g/mol. The van der Waals surface area contributed by atoms with Crippen LogP contribution in [0.1, 0.15) is 32.6 Å². The number of unbranched alkanes of at least 4 members (excludes halogenated alkanes) is 3. The first-order valence-corrected chi connectivity index (χ1v) is 5.45. The van der Waals surface area contributed by atoms with Crippen LogP contribution in [0.2, 0.25) is 0 Å². The highest BCUT2D eigenvalue weighted by Gasteiger charge is 2.29. The molecule has 15 heavy (non-hydrogen) atoms. The lowest BCUT2D eigenvalue weighted by atomic mass is 10.2. The van der Waals surface area contributed by atoms with Crippen molar-refractivity contribution < 1.29 is 14.3 Å². The molecule has 1 fully saturated rings. The van der Waals surface area contributed by atoms with E-state index in [4.69, 9.17) is 4.74 Å². The smallest absolute Gasteiger partial charge is 0.407 e. The van der Waals surface area contributed by atoms with Crippen LogP contribution in [-0.4, -0.2) is 31.2 Å². The van der Waals surface area contributed by atoms with Gasteiger partial charge in [0.2, 0.25) is 5.91 Å². The summed E-state index contributed by atoms with van der Waals surface area (Å²) in [5.41, 5.74) is 0. The molecule has 1 aliphatic rings. The third kappa shape index (κ3) is 4.18. The molecule has 86 valence electrons. The fraction of sp³-hybridized carbons (Fsp3) is 0.800. The first kappa shape index (κ1) is 11.8. The van der Waals surface area contributed by atoms with Crippen molar-refractivity contribution in [2.75, 3.05) is 13.2 Å². The highest BCUT2D eigenvalue weighted by Crippen LogP contribution is 1.99. The number of carbonyl (C=O) groups is 2. The molecular formula is C10H18N2O3. The molecule has 0 aromatic heterocycles. The van der Waals surface area contributed by atoms with Crippen LogP contribution in [0.15, 0.2) is 0 Å². The quantitative estimate of drug-likeness (QED) is 0.507. The van der Waals surface area contributed by atoms with Gasteiger partial charge in [0, 0.05) is 6.54 Å². The maximum atomic E-state index is 11.1. The number of rotatable bonds is 6. The van der Waals surface area contributed by atoms with E-state index in [0.717, 1.165) is 25.7 Å². The van der Waals surface area contributed by atoms with Gasteiger partial charge in [0.15, 0.2) is 0 Å². The molecule has 0 radical (unpaired) electrons. The van der Waals surface area contributed by atoms with Crippen LogP contribution in [0, 0.1) is 0 Å². The van der Waals surface area contributed by atoms with E-state index in [0.29, 0.717) is 13.2 Å². The van der Waals surface area contributed by atoms with Gasteiger partial charge in [0.05, 0.1) is 6.61 Å². The lowest BCUT2D eigenvalue weighted by Gasteiger charge is -2.26. The lowest BCUT2D eigenvalue weighted by molar-refractivity contribution is -0.128. The van der Waals surface area contributed by atoms with Gasteiger partial charge >= 0.3 is 6.09 Å². The number of alkyl carbamates (subject to hydrolysis) is 1. The maximum absolute atomic E-state index is 11.1. The Balaban J connectivity index is 1.96. The zero-order chi connectivity index (χ0) is 11.1. The second-order valence-corrected chi connectivity index (χ2v) is 3.64. The van der Waals surface area contributed by atoms with E-state index in [1.165, 1.54) is 0 Å². The molecule has 0 aliphatic carbocycles. The largest absolute Gasteiger partial charge is 0.450 e. The Labute approximate surface area is 89.6 Å². The molecule has 5 nitrogen and oxygen atoms in total. The average Bonchev–Trinajstić information content (AvgIpc) is 2.23. The van der Waals surface area contributed by atoms with Gasteiger partial charge in [-0.2, -0.15) is 0 Å². The van der Waals surface area contributed by atoms with Gasteiger partial charge in [-0.15, -0.1) is 0 Å². The molecule has 0 unspecified atom stereocenters. The van der Waals surface area contributed by atoms with Crippen molar-refractivity contribution in [1.82, 2.24) is 10.6 Å². The Morgan fingerprint density at radius 3 is 2.87 bits per heavy atom. The van der Waals surface area contributed by atoms with Crippen LogP contribution < -0.4 is 10.6 Å². The topological polar surface area (TPSA) is 67.4 Å². The average molecular weight is 214 g/mol. The number of hydrogen-bond donors (Lipinski definition) is 2. The van der Waals surface area contributed by atoms with Crippen molar-refractivity contribution in [3.8, 4) is 0 Å². The first-order chi connectivity index (χ1) is 7.24. The second kappa shape index (κ2) is 6.27. The van der Waals surface area contributed by atoms with Crippen molar-refractivity contribution in [2.24, 2.45) is 0 Å². The molecule has 2 amide bonds. The van der Waals surface area contributed by atoms with Gasteiger partial charge in [0.1, 0.15) is 6.04 Å². The molecule has 1 atom stereocenters. The Bertz CT molecular complexity index is 231. The molecule has 0 aromatic rings. The summed E-state index contributed by atoms with van der Waals surface area (Å²) in [7, 11) is 0. The number of ether oxygens (including phenoxy) is 1. The molecule has 5 heteroatoms. The molecule has 1 rings (SSSR count). The van der Waals surface area contributed by atoms with Crippen molar-refractivity contribution in [3.05, 3.63) is 0 Å². The van der Waals surface area contributed by atoms with Gasteiger partial charge in [-0.25, -0.2) is 4.79 Å². The summed E-state index contributed by atoms with van der Waals surface area (Å²) in [6, 6.07) is -0.395. The zero-order valence-electron chi connectivity index (χ0n) is 9.04. The van der Waals surface area contributed by atoms with E-state index in [1.54, 1.807) is 0 Å². The highest BCUT2D eigenvalue weighted by atomic mass is 16.5. The first-order valence-electron chi connectivity index (χ1n) is 5.45. The van der Waals surface area contributed by atoms with Crippen LogP contribution in [0.4, 0.5) is 4.79 Å². The number of amides is 2. The van der Waals surface area contributed by atoms with E-state index in [9.17, 15) is 9.59 Å². The van der Waals surface area contributed by atoms with Crippen LogP contribution in [-0.2, 0) is 9.53 Å². The molecule has 1 aliphatic heterocycles. The third-order valence-corrected chi connectivity index (χ3v) is 2.32. The van der Waals surface area contributed by atoms with Gasteiger partial charge in [-0.3, -0.25) is 4.79 Å². The molecule has 1 saturated heterocycles. The van der Waals surface area contributed by atoms with Crippen LogP contribution in [0.3, 0.4) is 0 Å². The Kier molecular flexibility index (Phi) is 4.93. The Morgan fingerprint density at radius 1 is 1.53 bits per heavy atom. The maximum Gasteiger partial charge on any atom is 0.407 e. The van der Waals surface area contributed by atoms with E-state index >= 15 is 0 Å². The molecule has 0 saturated carbocycles. The van der Waals surface area contributed by atoms with Crippen molar-refractivity contribution in [2.45, 2.75) is 38.6 Å². The van der Waals surface area contributed by atoms with Gasteiger partial charge in [-0.1, -0.05) is 26.2 Å². The fourth-order valence-corrected chi connectivity index (χ4v) is 1.28. The minimum absolute atomic E-state index is 0.141. The minimum Gasteiger partial charge on any atom is -0.450 e. The number of hydrogen-bond acceptors (Lipinski definition) is 3. The number of β-lactam (4-membered cyclic amide) rings is 1. The predicted octanol–water partition coefficient (Wildman–Crippen LogP) is 0.791. The van der Waals surface area contributed by atoms with Crippen LogP contribution in [0.5, 0.6) is 0 Å². The van der Waals surface area contributed by atoms with Gasteiger partial charge in [-0.05, 0) is 6.42 Å². The monoisotopic (exact) mass is 214 g/mol. The molecule has 1 heterocycles. The summed E-state index contributed by atoms with van der Waals surface area (Å²) in [6.45, 7) is 3.06. The predicted molar refractivity (Wildman–Crippen MR) is 55.4 cm³/mol. The van der Waals surface area contributed by atoms with E-state index in [-0.39, 0.29) is 5.91 Å². The number of nitrogens with one attached hydrogen (secondary N) is 2. The summed E-state index contributed by atoms with van der Waals surface area (Å²) in [6.07, 6.45) is 3.79. The van der Waals surface area contributed by atoms with Crippen molar-refractivity contribution in [1.29, 1.82) is 0 Å². The minimum atomic E-state index is -0.494. The summed E-state index contributed by atoms with van der Waals surface area (Å²) >= 11 is 0. The second-order valence-electron chi connectivity index (χ2n) is 3.64. The third-order valence-electron chi connectivity index (χ3n) is 2.32. The summed E-state index contributed by atoms with van der Waals surface area (Å²) in [4.78, 5) is 21.9. The van der Waals surface area contributed by atoms with E-state index < -0.39 is 12.1 Å². The molecule has 2 N–H and O–H groups in total. The molecule has 0 aromatic carbocycles. The summed E-state index contributed by atoms with van der Waals surface area (Å²) < 4.78 is 4.91. The Hall–Kier alpha value is -1.26. The van der Waals surface area contributed by atoms with Crippen molar-refractivity contribution in [3.63, 3.8) is 0 Å². The highest BCUT2D eigenvalue weighted by molar-refractivity contribution is 5.90. The van der Waals surface area contributed by atoms with E-state index in [2.05, 4.69) is 17.6 Å². The summed E-state index contributed by atoms with van der Waals surface area (Å²) in [5.74, 6) is -0.141. The zero-order valence-corrected chi connectivity index (χ0v) is 9.04. The van der Waals surface area contributed by atoms with Gasteiger partial charge < -0.3 is 15.4 Å². The van der Waals surface area contributed by atoms with Crippen LogP contribution >= 0.6 is 0 Å². The van der Waals surface area contributed by atoms with E-state index in [1.807, 2.05) is 0 Å². The fourth-order valence-electron chi connectivity index (χ4n) is 1.28. The standard InChI is InChI=1S/C10H18N2O3/c1-2-3-4-5-6-15-10(14)12-8-7-11-9(8)13/h8H,2-7H2,1H3,(H,11,13)(H,12,14)/t8-/m0/s1. The normalized spacial score (nSPS) is 19.0. The van der Waals surface area contributed by atoms with Crippen molar-refractivity contribution >= 4 is 12.0 Å². The van der Waals surface area contributed by atoms with Crippen LogP contribution in [0.25, 0.3) is 0 Å². The SMILES string of the molecule is CCCCCCOC(=O)N[C@H]1CNC1=O. The molecule has 0 spiro atoms.